The number of Topliss-reactive ketones (excluding diaryl/α,β-unsaturated/α-hetero) is 1. The molecule has 0 saturated carbocycles. The van der Waals surface area contributed by atoms with E-state index in [0.717, 1.165) is 22.3 Å². The monoisotopic (exact) mass is 375 g/mol. The maximum absolute atomic E-state index is 13.1. The van der Waals surface area contributed by atoms with E-state index in [0.29, 0.717) is 17.1 Å². The number of ketones is 1. The predicted molar refractivity (Wildman–Crippen MR) is 106 cm³/mol. The van der Waals surface area contributed by atoms with Gasteiger partial charge in [0.25, 0.3) is 5.91 Å². The Bertz CT molecular complexity index is 1010. The number of halogens is 1. The Morgan fingerprint density at radius 2 is 1.63 bits per heavy atom. The standard InChI is InChI=1S/C23H18ClNO2/c1-15(26)17-8-6-16(7-9-17)14-25-22(18-10-12-19(24)13-11-18)20-4-2-3-5-21(20)23(25)27/h2-13,22H,14H2,1H3. The lowest BCUT2D eigenvalue weighted by Crippen LogP contribution is -2.28. The van der Waals surface area contributed by atoms with Crippen LogP contribution in [0.3, 0.4) is 0 Å². The first-order valence-corrected chi connectivity index (χ1v) is 9.17. The molecule has 3 nitrogen and oxygen atoms in total. The quantitative estimate of drug-likeness (QED) is 0.581. The van der Waals surface area contributed by atoms with Gasteiger partial charge in [0.15, 0.2) is 5.78 Å². The number of benzene rings is 3. The average molecular weight is 376 g/mol. The van der Waals surface area contributed by atoms with Crippen LogP contribution in [0.5, 0.6) is 0 Å². The van der Waals surface area contributed by atoms with Gasteiger partial charge in [0.05, 0.1) is 6.04 Å². The highest BCUT2D eigenvalue weighted by Crippen LogP contribution is 2.39. The normalized spacial score (nSPS) is 15.7. The molecule has 1 aliphatic rings. The van der Waals surface area contributed by atoms with Crippen molar-refractivity contribution in [3.05, 3.63) is 106 Å². The van der Waals surface area contributed by atoms with Gasteiger partial charge in [0.2, 0.25) is 0 Å². The molecule has 1 unspecified atom stereocenters. The fourth-order valence-electron chi connectivity index (χ4n) is 3.58. The second-order valence-corrected chi connectivity index (χ2v) is 7.16. The van der Waals surface area contributed by atoms with Crippen molar-refractivity contribution in [3.63, 3.8) is 0 Å². The third-order valence-corrected chi connectivity index (χ3v) is 5.21. The largest absolute Gasteiger partial charge is 0.323 e. The van der Waals surface area contributed by atoms with E-state index in [4.69, 9.17) is 11.6 Å². The van der Waals surface area contributed by atoms with Crippen LogP contribution < -0.4 is 0 Å². The van der Waals surface area contributed by atoms with Gasteiger partial charge in [0.1, 0.15) is 0 Å². The van der Waals surface area contributed by atoms with Crippen molar-refractivity contribution in [2.45, 2.75) is 19.5 Å². The van der Waals surface area contributed by atoms with Gasteiger partial charge < -0.3 is 4.90 Å². The van der Waals surface area contributed by atoms with Crippen LogP contribution >= 0.6 is 11.6 Å². The first kappa shape index (κ1) is 17.5. The van der Waals surface area contributed by atoms with Gasteiger partial charge in [-0.05, 0) is 41.8 Å². The number of rotatable bonds is 4. The van der Waals surface area contributed by atoms with Crippen molar-refractivity contribution in [2.24, 2.45) is 0 Å². The highest BCUT2D eigenvalue weighted by molar-refractivity contribution is 6.30. The topological polar surface area (TPSA) is 37.4 Å². The fourth-order valence-corrected chi connectivity index (χ4v) is 3.71. The SMILES string of the molecule is CC(=O)c1ccc(CN2C(=O)c3ccccc3C2c2ccc(Cl)cc2)cc1. The summed E-state index contributed by atoms with van der Waals surface area (Å²) in [6.45, 7) is 2.02. The van der Waals surface area contributed by atoms with Crippen LogP contribution in [0.1, 0.15) is 50.4 Å². The third kappa shape index (κ3) is 3.26. The second kappa shape index (κ2) is 7.01. The maximum Gasteiger partial charge on any atom is 0.255 e. The summed E-state index contributed by atoms with van der Waals surface area (Å²) in [5.74, 6) is 0.0476. The summed E-state index contributed by atoms with van der Waals surface area (Å²) < 4.78 is 0. The number of hydrogen-bond acceptors (Lipinski definition) is 2. The van der Waals surface area contributed by atoms with E-state index in [1.54, 1.807) is 6.92 Å². The minimum Gasteiger partial charge on any atom is -0.323 e. The molecule has 0 aliphatic carbocycles. The average Bonchev–Trinajstić information content (AvgIpc) is 2.95. The zero-order chi connectivity index (χ0) is 19.0. The predicted octanol–water partition coefficient (Wildman–Crippen LogP) is 5.29. The minimum absolute atomic E-state index is 0.0150. The van der Waals surface area contributed by atoms with E-state index >= 15 is 0 Å². The van der Waals surface area contributed by atoms with E-state index in [-0.39, 0.29) is 17.7 Å². The van der Waals surface area contributed by atoms with Gasteiger partial charge in [-0.2, -0.15) is 0 Å². The maximum atomic E-state index is 13.1. The molecule has 0 radical (unpaired) electrons. The van der Waals surface area contributed by atoms with E-state index in [1.807, 2.05) is 77.7 Å². The highest BCUT2D eigenvalue weighted by atomic mass is 35.5. The van der Waals surface area contributed by atoms with Crippen LogP contribution in [-0.4, -0.2) is 16.6 Å². The molecule has 0 spiro atoms. The van der Waals surface area contributed by atoms with Crippen LogP contribution in [0.4, 0.5) is 0 Å². The van der Waals surface area contributed by atoms with Crippen molar-refractivity contribution < 1.29 is 9.59 Å². The lowest BCUT2D eigenvalue weighted by Gasteiger charge is -2.26. The summed E-state index contributed by atoms with van der Waals surface area (Å²) in [7, 11) is 0. The first-order chi connectivity index (χ1) is 13.0. The van der Waals surface area contributed by atoms with Crippen molar-refractivity contribution >= 4 is 23.3 Å². The molecule has 4 rings (SSSR count). The van der Waals surface area contributed by atoms with E-state index in [1.165, 1.54) is 0 Å². The molecule has 0 aromatic heterocycles. The van der Waals surface area contributed by atoms with Crippen LogP contribution in [0, 0.1) is 0 Å². The molecule has 1 aliphatic heterocycles. The molecule has 3 aromatic carbocycles. The van der Waals surface area contributed by atoms with Gasteiger partial charge in [-0.15, -0.1) is 0 Å². The Hall–Kier alpha value is -2.91. The molecule has 1 heterocycles. The summed E-state index contributed by atoms with van der Waals surface area (Å²) in [5.41, 5.74) is 4.42. The Kier molecular flexibility index (Phi) is 4.54. The molecule has 0 bridgehead atoms. The second-order valence-electron chi connectivity index (χ2n) is 6.73. The van der Waals surface area contributed by atoms with Crippen molar-refractivity contribution in [1.29, 1.82) is 0 Å². The zero-order valence-electron chi connectivity index (χ0n) is 14.9. The lowest BCUT2D eigenvalue weighted by atomic mass is 9.98. The smallest absolute Gasteiger partial charge is 0.255 e. The number of nitrogens with zero attached hydrogens (tertiary/aromatic N) is 1. The lowest BCUT2D eigenvalue weighted by molar-refractivity contribution is 0.0735. The fraction of sp³-hybridized carbons (Fsp3) is 0.130. The van der Waals surface area contributed by atoms with E-state index in [9.17, 15) is 9.59 Å². The first-order valence-electron chi connectivity index (χ1n) is 8.80. The molecule has 1 amide bonds. The third-order valence-electron chi connectivity index (χ3n) is 4.96. The molecule has 0 saturated heterocycles. The van der Waals surface area contributed by atoms with Gasteiger partial charge in [0, 0.05) is 22.7 Å². The van der Waals surface area contributed by atoms with Gasteiger partial charge in [-0.25, -0.2) is 0 Å². The summed E-state index contributed by atoms with van der Waals surface area (Å²) in [5, 5.41) is 0.669. The summed E-state index contributed by atoms with van der Waals surface area (Å²) in [4.78, 5) is 26.4. The molecule has 27 heavy (non-hydrogen) atoms. The van der Waals surface area contributed by atoms with E-state index < -0.39 is 0 Å². The highest BCUT2D eigenvalue weighted by Gasteiger charge is 2.37. The van der Waals surface area contributed by atoms with Crippen molar-refractivity contribution in [1.82, 2.24) is 4.90 Å². The Labute approximate surface area is 163 Å². The Balaban J connectivity index is 1.72. The van der Waals surface area contributed by atoms with Crippen LogP contribution in [0.15, 0.2) is 72.8 Å². The molecule has 4 heteroatoms. The van der Waals surface area contributed by atoms with Crippen molar-refractivity contribution in [3.8, 4) is 0 Å². The van der Waals surface area contributed by atoms with E-state index in [2.05, 4.69) is 0 Å². The molecule has 0 fully saturated rings. The van der Waals surface area contributed by atoms with Crippen LogP contribution in [0.25, 0.3) is 0 Å². The van der Waals surface area contributed by atoms with Gasteiger partial charge >= 0.3 is 0 Å². The zero-order valence-corrected chi connectivity index (χ0v) is 15.6. The minimum atomic E-state index is -0.154. The molecule has 1 atom stereocenters. The molecular formula is C23H18ClNO2. The molecule has 0 N–H and O–H groups in total. The number of carbonyl (C=O) groups excluding carboxylic acids is 2. The Morgan fingerprint density at radius 1 is 0.963 bits per heavy atom. The summed E-state index contributed by atoms with van der Waals surface area (Å²) in [6.07, 6.45) is 0. The molecular weight excluding hydrogens is 358 g/mol. The summed E-state index contributed by atoms with van der Waals surface area (Å²) >= 11 is 6.05. The molecule has 3 aromatic rings. The number of carbonyl (C=O) groups is 2. The van der Waals surface area contributed by atoms with Gasteiger partial charge in [-0.1, -0.05) is 66.2 Å². The van der Waals surface area contributed by atoms with Crippen LogP contribution in [-0.2, 0) is 6.54 Å². The van der Waals surface area contributed by atoms with Crippen LogP contribution in [0.2, 0.25) is 5.02 Å². The summed E-state index contributed by atoms with van der Waals surface area (Å²) in [6, 6.07) is 22.6. The number of fused-ring (bicyclic) bond motifs is 1. The number of amides is 1. The molecule has 134 valence electrons. The van der Waals surface area contributed by atoms with Crippen molar-refractivity contribution in [2.75, 3.05) is 0 Å². The number of hydrogen-bond donors (Lipinski definition) is 0. The van der Waals surface area contributed by atoms with Gasteiger partial charge in [-0.3, -0.25) is 9.59 Å². The Morgan fingerprint density at radius 3 is 2.30 bits per heavy atom.